The van der Waals surface area contributed by atoms with E-state index in [1.54, 1.807) is 11.8 Å². The van der Waals surface area contributed by atoms with Gasteiger partial charge in [-0.15, -0.1) is 0 Å². The average molecular weight is 471 g/mol. The van der Waals surface area contributed by atoms with Gasteiger partial charge in [0, 0.05) is 21.3 Å². The van der Waals surface area contributed by atoms with E-state index in [1.807, 2.05) is 24.3 Å². The zero-order valence-electron chi connectivity index (χ0n) is 19.4. The first kappa shape index (κ1) is 20.4. The molecule has 4 nitrogen and oxygen atoms in total. The van der Waals surface area contributed by atoms with E-state index in [0.29, 0.717) is 0 Å². The summed E-state index contributed by atoms with van der Waals surface area (Å²) in [7, 11) is 0. The maximum absolute atomic E-state index is 5.18. The fraction of sp³-hybridized carbons (Fsp3) is 0.100. The molecule has 0 aliphatic carbocycles. The summed E-state index contributed by atoms with van der Waals surface area (Å²) in [6.07, 6.45) is 0. The highest BCUT2D eigenvalue weighted by atomic mass is 32.2. The van der Waals surface area contributed by atoms with Crippen LogP contribution in [0.15, 0.2) is 102 Å². The highest BCUT2D eigenvalue weighted by molar-refractivity contribution is 8.00. The second-order valence-corrected chi connectivity index (χ2v) is 10.9. The minimum atomic E-state index is -0.137. The molecule has 1 aliphatic heterocycles. The van der Waals surface area contributed by atoms with Crippen molar-refractivity contribution >= 4 is 33.7 Å². The van der Waals surface area contributed by atoms with E-state index in [4.69, 9.17) is 15.0 Å². The van der Waals surface area contributed by atoms with Gasteiger partial charge >= 0.3 is 0 Å². The van der Waals surface area contributed by atoms with Gasteiger partial charge in [0.1, 0.15) is 0 Å². The molecule has 3 heterocycles. The predicted molar refractivity (Wildman–Crippen MR) is 144 cm³/mol. The Hall–Kier alpha value is -3.96. The third kappa shape index (κ3) is 3.12. The Balaban J connectivity index is 1.57. The first-order chi connectivity index (χ1) is 17.1. The standard InChI is InChI=1S/C30H22N4S/c1-30(2)22-15-10-14-21(27(22)34-25-18-9-8-17-24(25)32-29(34)35-30)28-31-23-16-7-6-13-20(23)26(33-28)19-11-4-3-5-12-19/h3-18H,1-2H3. The third-order valence-electron chi connectivity index (χ3n) is 6.68. The summed E-state index contributed by atoms with van der Waals surface area (Å²) in [6, 6.07) is 33.5. The quantitative estimate of drug-likeness (QED) is 0.261. The van der Waals surface area contributed by atoms with Crippen LogP contribution in [-0.2, 0) is 4.75 Å². The maximum atomic E-state index is 5.18. The van der Waals surface area contributed by atoms with Crippen LogP contribution in [0, 0.1) is 0 Å². The molecule has 168 valence electrons. The van der Waals surface area contributed by atoms with Gasteiger partial charge in [0.25, 0.3) is 0 Å². The predicted octanol–water partition coefficient (Wildman–Crippen LogP) is 7.64. The summed E-state index contributed by atoms with van der Waals surface area (Å²) < 4.78 is 2.15. The largest absolute Gasteiger partial charge is 0.286 e. The van der Waals surface area contributed by atoms with Crippen molar-refractivity contribution in [2.45, 2.75) is 23.8 Å². The number of benzene rings is 4. The number of fused-ring (bicyclic) bond motifs is 6. The second-order valence-electron chi connectivity index (χ2n) is 9.31. The normalized spacial score (nSPS) is 14.1. The monoisotopic (exact) mass is 470 g/mol. The Morgan fingerprint density at radius 2 is 1.43 bits per heavy atom. The van der Waals surface area contributed by atoms with Crippen molar-refractivity contribution < 1.29 is 0 Å². The van der Waals surface area contributed by atoms with Crippen molar-refractivity contribution in [3.8, 4) is 28.3 Å². The van der Waals surface area contributed by atoms with Crippen LogP contribution in [0.1, 0.15) is 19.4 Å². The Morgan fingerprint density at radius 3 is 2.29 bits per heavy atom. The average Bonchev–Trinajstić information content (AvgIpc) is 3.25. The molecule has 2 aromatic heterocycles. The van der Waals surface area contributed by atoms with E-state index < -0.39 is 0 Å². The van der Waals surface area contributed by atoms with Crippen LogP contribution >= 0.6 is 11.8 Å². The summed E-state index contributed by atoms with van der Waals surface area (Å²) in [5.41, 5.74) is 8.46. The van der Waals surface area contributed by atoms with Gasteiger partial charge in [-0.3, -0.25) is 4.57 Å². The minimum absolute atomic E-state index is 0.137. The molecule has 35 heavy (non-hydrogen) atoms. The molecule has 0 radical (unpaired) electrons. The van der Waals surface area contributed by atoms with Crippen molar-refractivity contribution in [3.05, 3.63) is 103 Å². The molecule has 0 N–H and O–H groups in total. The number of para-hydroxylation sites is 4. The lowest BCUT2D eigenvalue weighted by Gasteiger charge is -2.33. The molecule has 5 heteroatoms. The highest BCUT2D eigenvalue weighted by Gasteiger charge is 2.36. The van der Waals surface area contributed by atoms with Crippen molar-refractivity contribution in [3.63, 3.8) is 0 Å². The van der Waals surface area contributed by atoms with E-state index in [2.05, 4.69) is 91.2 Å². The molecule has 7 rings (SSSR count). The summed E-state index contributed by atoms with van der Waals surface area (Å²) in [5, 5.41) is 2.05. The first-order valence-corrected chi connectivity index (χ1v) is 12.5. The van der Waals surface area contributed by atoms with Gasteiger partial charge in [0.05, 0.1) is 27.9 Å². The smallest absolute Gasteiger partial charge is 0.174 e. The van der Waals surface area contributed by atoms with Gasteiger partial charge in [-0.1, -0.05) is 84.6 Å². The van der Waals surface area contributed by atoms with E-state index >= 15 is 0 Å². The van der Waals surface area contributed by atoms with Crippen LogP contribution in [0.4, 0.5) is 0 Å². The zero-order valence-corrected chi connectivity index (χ0v) is 20.3. The van der Waals surface area contributed by atoms with E-state index in [-0.39, 0.29) is 4.75 Å². The highest BCUT2D eigenvalue weighted by Crippen LogP contribution is 2.51. The van der Waals surface area contributed by atoms with Crippen molar-refractivity contribution in [1.82, 2.24) is 19.5 Å². The van der Waals surface area contributed by atoms with E-state index in [0.717, 1.165) is 55.4 Å². The molecule has 4 aromatic carbocycles. The fourth-order valence-electron chi connectivity index (χ4n) is 5.04. The van der Waals surface area contributed by atoms with Crippen LogP contribution in [0.5, 0.6) is 0 Å². The van der Waals surface area contributed by atoms with Gasteiger partial charge in [0.2, 0.25) is 0 Å². The molecule has 0 unspecified atom stereocenters. The molecule has 1 aliphatic rings. The zero-order chi connectivity index (χ0) is 23.6. The van der Waals surface area contributed by atoms with E-state index in [1.165, 1.54) is 5.56 Å². The molecular weight excluding hydrogens is 448 g/mol. The number of nitrogens with zero attached hydrogens (tertiary/aromatic N) is 4. The Labute approximate surface area is 207 Å². The number of aromatic nitrogens is 4. The molecule has 0 saturated heterocycles. The van der Waals surface area contributed by atoms with E-state index in [9.17, 15) is 0 Å². The van der Waals surface area contributed by atoms with Crippen molar-refractivity contribution in [2.75, 3.05) is 0 Å². The van der Waals surface area contributed by atoms with Gasteiger partial charge in [-0.2, -0.15) is 0 Å². The summed E-state index contributed by atoms with van der Waals surface area (Å²) >= 11 is 1.80. The Morgan fingerprint density at radius 1 is 0.686 bits per heavy atom. The fourth-order valence-corrected chi connectivity index (χ4v) is 6.19. The van der Waals surface area contributed by atoms with Gasteiger partial charge in [-0.25, -0.2) is 15.0 Å². The molecule has 0 fully saturated rings. The summed E-state index contributed by atoms with van der Waals surface area (Å²) in [5.74, 6) is 0.728. The SMILES string of the molecule is CC1(C)Sc2nc3ccccc3n2-c2c(-c3nc(-c4ccccc4)c4ccccc4n3)cccc21. The lowest BCUT2D eigenvalue weighted by molar-refractivity contribution is 0.729. The third-order valence-corrected chi connectivity index (χ3v) is 7.86. The lowest BCUT2D eigenvalue weighted by Crippen LogP contribution is -2.22. The summed E-state index contributed by atoms with van der Waals surface area (Å²) in [6.45, 7) is 4.53. The Kier molecular flexibility index (Phi) is 4.39. The van der Waals surface area contributed by atoms with Crippen LogP contribution in [0.2, 0.25) is 0 Å². The molecule has 0 spiro atoms. The molecule has 0 bridgehead atoms. The number of hydrogen-bond donors (Lipinski definition) is 0. The van der Waals surface area contributed by atoms with Crippen LogP contribution in [0.3, 0.4) is 0 Å². The molecular formula is C30H22N4S. The van der Waals surface area contributed by atoms with Crippen LogP contribution in [-0.4, -0.2) is 19.5 Å². The maximum Gasteiger partial charge on any atom is 0.174 e. The van der Waals surface area contributed by atoms with Gasteiger partial charge < -0.3 is 0 Å². The number of imidazole rings is 1. The van der Waals surface area contributed by atoms with Crippen LogP contribution in [0.25, 0.3) is 50.3 Å². The van der Waals surface area contributed by atoms with Gasteiger partial charge in [0.15, 0.2) is 11.0 Å². The topological polar surface area (TPSA) is 43.6 Å². The van der Waals surface area contributed by atoms with Gasteiger partial charge in [-0.05, 0) is 43.7 Å². The second kappa shape index (κ2) is 7.52. The van der Waals surface area contributed by atoms with Crippen molar-refractivity contribution in [2.24, 2.45) is 0 Å². The number of hydrogen-bond acceptors (Lipinski definition) is 4. The first-order valence-electron chi connectivity index (χ1n) is 11.7. The number of thioether (sulfide) groups is 1. The molecule has 0 amide bonds. The number of rotatable bonds is 2. The molecule has 0 atom stereocenters. The summed E-state index contributed by atoms with van der Waals surface area (Å²) in [4.78, 5) is 15.2. The molecule has 6 aromatic rings. The van der Waals surface area contributed by atoms with Crippen LogP contribution < -0.4 is 0 Å². The molecule has 0 saturated carbocycles. The minimum Gasteiger partial charge on any atom is -0.286 e. The lowest BCUT2D eigenvalue weighted by atomic mass is 9.95. The Bertz CT molecular complexity index is 1750. The van der Waals surface area contributed by atoms with Crippen molar-refractivity contribution in [1.29, 1.82) is 0 Å².